The van der Waals surface area contributed by atoms with Crippen molar-refractivity contribution < 1.29 is 37.6 Å². The molecule has 0 aliphatic heterocycles. The highest BCUT2D eigenvalue weighted by atomic mass is 31.2. The Morgan fingerprint density at radius 2 is 1.17 bits per heavy atom. The summed E-state index contributed by atoms with van der Waals surface area (Å²) in [6, 6.07) is 0. The number of carbonyl (C=O) groups is 2. The van der Waals surface area contributed by atoms with Crippen LogP contribution >= 0.6 is 7.82 Å². The molecule has 0 radical (unpaired) electrons. The Morgan fingerprint density at radius 1 is 0.660 bits per heavy atom. The fraction of sp³-hybridized carbons (Fsp3) is 0.784. The van der Waals surface area contributed by atoms with Gasteiger partial charge in [-0.25, -0.2) is 4.57 Å². The molecule has 0 spiro atoms. The molecule has 10 heteroatoms. The van der Waals surface area contributed by atoms with Crippen LogP contribution in [0.25, 0.3) is 0 Å². The van der Waals surface area contributed by atoms with Crippen molar-refractivity contribution in [2.24, 2.45) is 5.73 Å². The summed E-state index contributed by atoms with van der Waals surface area (Å²) in [5.74, 6) is -0.850. The normalized spacial score (nSPS) is 13.9. The number of phosphoric ester groups is 1. The summed E-state index contributed by atoms with van der Waals surface area (Å²) >= 11 is 0. The molecular weight excluding hydrogens is 617 g/mol. The molecular formula is C37H68NO8P. The SMILES string of the molecule is CCC=CCC=CCC=CCCCCCCCC(=O)OC(COC(=O)CCCCCCCCCCCCC)COP(=O)(O)OCCN. The molecule has 0 aliphatic rings. The van der Waals surface area contributed by atoms with Crippen molar-refractivity contribution in [2.75, 3.05) is 26.4 Å². The zero-order valence-electron chi connectivity index (χ0n) is 29.8. The lowest BCUT2D eigenvalue weighted by atomic mass is 10.1. The summed E-state index contributed by atoms with van der Waals surface area (Å²) in [5, 5.41) is 0. The molecule has 0 aromatic heterocycles. The topological polar surface area (TPSA) is 134 Å². The van der Waals surface area contributed by atoms with E-state index in [1.807, 2.05) is 0 Å². The Balaban J connectivity index is 4.27. The molecule has 0 aliphatic carbocycles. The van der Waals surface area contributed by atoms with Crippen LogP contribution in [-0.2, 0) is 32.7 Å². The third kappa shape index (κ3) is 33.9. The molecule has 2 unspecified atom stereocenters. The summed E-state index contributed by atoms with van der Waals surface area (Å²) in [5.41, 5.74) is 5.32. The minimum Gasteiger partial charge on any atom is -0.462 e. The van der Waals surface area contributed by atoms with Gasteiger partial charge in [0.1, 0.15) is 6.61 Å². The van der Waals surface area contributed by atoms with Crippen molar-refractivity contribution in [2.45, 2.75) is 161 Å². The first-order valence-corrected chi connectivity index (χ1v) is 20.0. The summed E-state index contributed by atoms with van der Waals surface area (Å²) in [6.45, 7) is 3.57. The van der Waals surface area contributed by atoms with E-state index in [1.54, 1.807) is 0 Å². The standard InChI is InChI=1S/C37H68NO8P/c1-3-5-7-9-11-13-15-16-17-18-20-22-24-26-28-30-37(40)46-35(34-45-47(41,42)44-32-31-38)33-43-36(39)29-27-25-23-21-19-14-12-10-8-6-4-2/h5,7,11,13,16-17,35H,3-4,6,8-10,12,14-15,18-34,38H2,1-2H3,(H,41,42). The molecule has 0 aromatic rings. The number of rotatable bonds is 34. The van der Waals surface area contributed by atoms with Crippen LogP contribution in [0.2, 0.25) is 0 Å². The molecule has 0 rings (SSSR count). The highest BCUT2D eigenvalue weighted by Gasteiger charge is 2.25. The number of unbranched alkanes of at least 4 members (excludes halogenated alkanes) is 15. The average Bonchev–Trinajstić information content (AvgIpc) is 3.05. The molecule has 9 nitrogen and oxygen atoms in total. The van der Waals surface area contributed by atoms with Crippen LogP contribution in [0.15, 0.2) is 36.5 Å². The second-order valence-electron chi connectivity index (χ2n) is 12.1. The maximum absolute atomic E-state index is 12.5. The van der Waals surface area contributed by atoms with Crippen LogP contribution < -0.4 is 5.73 Å². The van der Waals surface area contributed by atoms with Crippen molar-refractivity contribution in [3.63, 3.8) is 0 Å². The van der Waals surface area contributed by atoms with Crippen LogP contribution in [0.3, 0.4) is 0 Å². The maximum Gasteiger partial charge on any atom is 0.472 e. The van der Waals surface area contributed by atoms with Gasteiger partial charge in [0.05, 0.1) is 13.2 Å². The summed E-state index contributed by atoms with van der Waals surface area (Å²) < 4.78 is 32.6. The Hall–Kier alpha value is -1.77. The average molecular weight is 686 g/mol. The summed E-state index contributed by atoms with van der Waals surface area (Å²) in [6.07, 6.45) is 34.6. The number of carbonyl (C=O) groups excluding carboxylic acids is 2. The van der Waals surface area contributed by atoms with Gasteiger partial charge in [0.25, 0.3) is 0 Å². The molecule has 0 saturated heterocycles. The van der Waals surface area contributed by atoms with Gasteiger partial charge in [-0.05, 0) is 44.9 Å². The van der Waals surface area contributed by atoms with Crippen LogP contribution in [0.5, 0.6) is 0 Å². The number of hydrogen-bond acceptors (Lipinski definition) is 8. The van der Waals surface area contributed by atoms with Crippen molar-refractivity contribution in [3.05, 3.63) is 36.5 Å². The van der Waals surface area contributed by atoms with Gasteiger partial charge >= 0.3 is 19.8 Å². The van der Waals surface area contributed by atoms with Crippen molar-refractivity contribution in [3.8, 4) is 0 Å². The van der Waals surface area contributed by atoms with E-state index in [0.29, 0.717) is 6.42 Å². The van der Waals surface area contributed by atoms with Crippen LogP contribution in [0, 0.1) is 0 Å². The predicted molar refractivity (Wildman–Crippen MR) is 192 cm³/mol. The minimum atomic E-state index is -4.37. The zero-order chi connectivity index (χ0) is 34.7. The quantitative estimate of drug-likeness (QED) is 0.0294. The lowest BCUT2D eigenvalue weighted by Gasteiger charge is -2.19. The fourth-order valence-corrected chi connectivity index (χ4v) is 5.59. The first-order valence-electron chi connectivity index (χ1n) is 18.5. The van der Waals surface area contributed by atoms with E-state index < -0.39 is 26.5 Å². The van der Waals surface area contributed by atoms with E-state index in [0.717, 1.165) is 70.6 Å². The molecule has 2 atom stereocenters. The van der Waals surface area contributed by atoms with E-state index >= 15 is 0 Å². The van der Waals surface area contributed by atoms with Gasteiger partial charge in [0.15, 0.2) is 6.10 Å². The van der Waals surface area contributed by atoms with E-state index in [9.17, 15) is 19.0 Å². The third-order valence-electron chi connectivity index (χ3n) is 7.54. The molecule has 47 heavy (non-hydrogen) atoms. The summed E-state index contributed by atoms with van der Waals surface area (Å²) in [4.78, 5) is 34.6. The monoisotopic (exact) mass is 685 g/mol. The van der Waals surface area contributed by atoms with E-state index in [4.69, 9.17) is 24.3 Å². The van der Waals surface area contributed by atoms with Crippen molar-refractivity contribution >= 4 is 19.8 Å². The molecule has 0 aromatic carbocycles. The van der Waals surface area contributed by atoms with Gasteiger partial charge in [0.2, 0.25) is 0 Å². The zero-order valence-corrected chi connectivity index (χ0v) is 30.7. The van der Waals surface area contributed by atoms with E-state index in [-0.39, 0.29) is 38.6 Å². The largest absolute Gasteiger partial charge is 0.472 e. The van der Waals surface area contributed by atoms with Crippen LogP contribution in [0.1, 0.15) is 155 Å². The molecule has 274 valence electrons. The first kappa shape index (κ1) is 45.2. The van der Waals surface area contributed by atoms with Crippen LogP contribution in [-0.4, -0.2) is 49.3 Å². The van der Waals surface area contributed by atoms with E-state index in [2.05, 4.69) is 50.3 Å². The molecule has 0 saturated carbocycles. The molecule has 0 heterocycles. The molecule has 0 bridgehead atoms. The molecule has 3 N–H and O–H groups in total. The number of ether oxygens (including phenoxy) is 2. The Kier molecular flexibility index (Phi) is 32.8. The summed E-state index contributed by atoms with van der Waals surface area (Å²) in [7, 11) is -4.37. The first-order chi connectivity index (χ1) is 22.8. The highest BCUT2D eigenvalue weighted by molar-refractivity contribution is 7.47. The Labute approximate surface area is 286 Å². The maximum atomic E-state index is 12.5. The number of esters is 2. The number of hydrogen-bond donors (Lipinski definition) is 2. The van der Waals surface area contributed by atoms with Gasteiger partial charge in [-0.2, -0.15) is 0 Å². The number of phosphoric acid groups is 1. The smallest absolute Gasteiger partial charge is 0.462 e. The van der Waals surface area contributed by atoms with Crippen molar-refractivity contribution in [1.82, 2.24) is 0 Å². The highest BCUT2D eigenvalue weighted by Crippen LogP contribution is 2.43. The number of allylic oxidation sites excluding steroid dienone is 6. The van der Waals surface area contributed by atoms with Crippen molar-refractivity contribution in [1.29, 1.82) is 0 Å². The van der Waals surface area contributed by atoms with Gasteiger partial charge in [-0.15, -0.1) is 0 Å². The Bertz CT molecular complexity index is 876. The lowest BCUT2D eigenvalue weighted by molar-refractivity contribution is -0.161. The van der Waals surface area contributed by atoms with Gasteiger partial charge in [-0.3, -0.25) is 18.6 Å². The number of nitrogens with two attached hydrogens (primary N) is 1. The second kappa shape index (κ2) is 34.1. The molecule has 0 amide bonds. The molecule has 0 fully saturated rings. The third-order valence-corrected chi connectivity index (χ3v) is 8.52. The lowest BCUT2D eigenvalue weighted by Crippen LogP contribution is -2.29. The van der Waals surface area contributed by atoms with Gasteiger partial charge in [-0.1, -0.05) is 134 Å². The second-order valence-corrected chi connectivity index (χ2v) is 13.5. The van der Waals surface area contributed by atoms with Crippen LogP contribution in [0.4, 0.5) is 0 Å². The van der Waals surface area contributed by atoms with E-state index in [1.165, 1.54) is 51.4 Å². The van der Waals surface area contributed by atoms with Gasteiger partial charge in [0, 0.05) is 19.4 Å². The Morgan fingerprint density at radius 3 is 1.74 bits per heavy atom. The minimum absolute atomic E-state index is 0.0503. The fourth-order valence-electron chi connectivity index (χ4n) is 4.82. The predicted octanol–water partition coefficient (Wildman–Crippen LogP) is 9.82. The van der Waals surface area contributed by atoms with Gasteiger partial charge < -0.3 is 20.1 Å².